The lowest BCUT2D eigenvalue weighted by Crippen LogP contribution is -1.97. The minimum Gasteiger partial charge on any atom is -0.0720 e. The third-order valence-corrected chi connectivity index (χ3v) is 4.67. The highest BCUT2D eigenvalue weighted by atomic mass is 127. The SMILES string of the molecule is Ic1ccccc1C=CC(c1ccccc1)c1ccccc1. The van der Waals surface area contributed by atoms with Crippen LogP contribution in [0.2, 0.25) is 0 Å². The van der Waals surface area contributed by atoms with Crippen LogP contribution < -0.4 is 0 Å². The zero-order valence-electron chi connectivity index (χ0n) is 12.2. The minimum atomic E-state index is 0.276. The van der Waals surface area contributed by atoms with Crippen molar-refractivity contribution in [2.75, 3.05) is 0 Å². The van der Waals surface area contributed by atoms with Gasteiger partial charge in [0.05, 0.1) is 0 Å². The first-order valence-corrected chi connectivity index (χ1v) is 8.45. The molecule has 0 nitrogen and oxygen atoms in total. The molecule has 0 spiro atoms. The molecule has 108 valence electrons. The molecule has 0 aliphatic carbocycles. The van der Waals surface area contributed by atoms with Gasteiger partial charge in [0, 0.05) is 9.49 Å². The average molecular weight is 396 g/mol. The first-order chi connectivity index (χ1) is 10.8. The van der Waals surface area contributed by atoms with Gasteiger partial charge in [-0.2, -0.15) is 0 Å². The third-order valence-electron chi connectivity index (χ3n) is 3.69. The summed E-state index contributed by atoms with van der Waals surface area (Å²) in [5, 5.41) is 0. The van der Waals surface area contributed by atoms with Crippen LogP contribution in [0.5, 0.6) is 0 Å². The molecule has 0 fully saturated rings. The smallest absolute Gasteiger partial charge is 0.0272 e. The normalized spacial score (nSPS) is 11.2. The van der Waals surface area contributed by atoms with E-state index < -0.39 is 0 Å². The largest absolute Gasteiger partial charge is 0.0720 e. The fraction of sp³-hybridized carbons (Fsp3) is 0.0476. The lowest BCUT2D eigenvalue weighted by Gasteiger charge is -2.14. The molecule has 0 aliphatic heterocycles. The zero-order valence-corrected chi connectivity index (χ0v) is 14.4. The first kappa shape index (κ1) is 15.0. The maximum absolute atomic E-state index is 2.39. The van der Waals surface area contributed by atoms with E-state index in [0.29, 0.717) is 0 Å². The van der Waals surface area contributed by atoms with Crippen molar-refractivity contribution in [3.05, 3.63) is 111 Å². The predicted molar refractivity (Wildman–Crippen MR) is 103 cm³/mol. The molecule has 0 radical (unpaired) electrons. The Morgan fingerprint density at radius 3 is 1.68 bits per heavy atom. The van der Waals surface area contributed by atoms with Crippen LogP contribution >= 0.6 is 22.6 Å². The zero-order chi connectivity index (χ0) is 15.2. The van der Waals surface area contributed by atoms with Crippen LogP contribution in [0.15, 0.2) is 91.0 Å². The second-order valence-electron chi connectivity index (χ2n) is 5.18. The number of allylic oxidation sites excluding steroid dienone is 1. The molecule has 0 atom stereocenters. The molecule has 0 aliphatic rings. The molecular weight excluding hydrogens is 379 g/mol. The predicted octanol–water partition coefficient (Wildman–Crippen LogP) is 6.14. The Kier molecular flexibility index (Phi) is 5.07. The van der Waals surface area contributed by atoms with Crippen molar-refractivity contribution in [1.29, 1.82) is 0 Å². The number of rotatable bonds is 4. The highest BCUT2D eigenvalue weighted by molar-refractivity contribution is 14.1. The Balaban J connectivity index is 1.98. The Labute approximate surface area is 145 Å². The van der Waals surface area contributed by atoms with Gasteiger partial charge in [-0.3, -0.25) is 0 Å². The Morgan fingerprint density at radius 2 is 1.14 bits per heavy atom. The van der Waals surface area contributed by atoms with Crippen LogP contribution in [0, 0.1) is 3.57 Å². The summed E-state index contributed by atoms with van der Waals surface area (Å²) in [6.07, 6.45) is 4.52. The van der Waals surface area contributed by atoms with E-state index in [9.17, 15) is 0 Å². The van der Waals surface area contributed by atoms with Gasteiger partial charge in [-0.1, -0.05) is 91.0 Å². The van der Waals surface area contributed by atoms with Crippen LogP contribution in [0.4, 0.5) is 0 Å². The molecule has 3 aromatic carbocycles. The van der Waals surface area contributed by atoms with Crippen molar-refractivity contribution < 1.29 is 0 Å². The highest BCUT2D eigenvalue weighted by Crippen LogP contribution is 2.27. The van der Waals surface area contributed by atoms with Gasteiger partial charge in [0.1, 0.15) is 0 Å². The molecular formula is C21H17I. The molecule has 3 aromatic rings. The molecule has 0 saturated carbocycles. The van der Waals surface area contributed by atoms with Gasteiger partial charge >= 0.3 is 0 Å². The topological polar surface area (TPSA) is 0 Å². The van der Waals surface area contributed by atoms with Crippen molar-refractivity contribution in [1.82, 2.24) is 0 Å². The number of hydrogen-bond acceptors (Lipinski definition) is 0. The first-order valence-electron chi connectivity index (χ1n) is 7.37. The maximum Gasteiger partial charge on any atom is 0.0272 e. The Morgan fingerprint density at radius 1 is 0.636 bits per heavy atom. The highest BCUT2D eigenvalue weighted by Gasteiger charge is 2.10. The van der Waals surface area contributed by atoms with Crippen LogP contribution in [0.25, 0.3) is 6.08 Å². The van der Waals surface area contributed by atoms with E-state index in [4.69, 9.17) is 0 Å². The Hall–Kier alpha value is -1.87. The average Bonchev–Trinajstić information content (AvgIpc) is 2.59. The van der Waals surface area contributed by atoms with E-state index in [1.165, 1.54) is 20.3 Å². The van der Waals surface area contributed by atoms with Gasteiger partial charge in [-0.25, -0.2) is 0 Å². The molecule has 0 heterocycles. The monoisotopic (exact) mass is 396 g/mol. The van der Waals surface area contributed by atoms with Crippen molar-refractivity contribution in [2.45, 2.75) is 5.92 Å². The van der Waals surface area contributed by atoms with E-state index in [-0.39, 0.29) is 5.92 Å². The van der Waals surface area contributed by atoms with Gasteiger partial charge in [0.25, 0.3) is 0 Å². The second kappa shape index (κ2) is 7.41. The summed E-state index contributed by atoms with van der Waals surface area (Å²) in [5.41, 5.74) is 3.90. The summed E-state index contributed by atoms with van der Waals surface area (Å²) in [7, 11) is 0. The fourth-order valence-electron chi connectivity index (χ4n) is 2.55. The van der Waals surface area contributed by atoms with Crippen LogP contribution in [0.3, 0.4) is 0 Å². The third kappa shape index (κ3) is 3.66. The van der Waals surface area contributed by atoms with E-state index >= 15 is 0 Å². The maximum atomic E-state index is 2.39. The summed E-state index contributed by atoms with van der Waals surface area (Å²) in [6.45, 7) is 0. The van der Waals surface area contributed by atoms with E-state index in [1.807, 2.05) is 0 Å². The summed E-state index contributed by atoms with van der Waals surface area (Å²) >= 11 is 2.39. The lowest BCUT2D eigenvalue weighted by molar-refractivity contribution is 1.03. The number of hydrogen-bond donors (Lipinski definition) is 0. The van der Waals surface area contributed by atoms with Gasteiger partial charge in [0.2, 0.25) is 0 Å². The molecule has 0 amide bonds. The van der Waals surface area contributed by atoms with Gasteiger partial charge in [-0.05, 0) is 45.3 Å². The molecule has 0 bridgehead atoms. The van der Waals surface area contributed by atoms with Crippen LogP contribution in [-0.2, 0) is 0 Å². The molecule has 0 unspecified atom stereocenters. The Bertz CT molecular complexity index is 706. The van der Waals surface area contributed by atoms with Crippen molar-refractivity contribution in [3.63, 3.8) is 0 Å². The summed E-state index contributed by atoms with van der Waals surface area (Å²) in [6, 6.07) is 29.8. The summed E-state index contributed by atoms with van der Waals surface area (Å²) in [5.74, 6) is 0.276. The molecule has 0 aromatic heterocycles. The van der Waals surface area contributed by atoms with Crippen molar-refractivity contribution >= 4 is 28.7 Å². The molecule has 0 N–H and O–H groups in total. The van der Waals surface area contributed by atoms with E-state index in [1.54, 1.807) is 0 Å². The van der Waals surface area contributed by atoms with E-state index in [0.717, 1.165) is 0 Å². The van der Waals surface area contributed by atoms with Crippen molar-refractivity contribution in [3.8, 4) is 0 Å². The van der Waals surface area contributed by atoms with Crippen LogP contribution in [-0.4, -0.2) is 0 Å². The van der Waals surface area contributed by atoms with E-state index in [2.05, 4.69) is 120 Å². The van der Waals surface area contributed by atoms with Crippen molar-refractivity contribution in [2.24, 2.45) is 0 Å². The summed E-state index contributed by atoms with van der Waals surface area (Å²) < 4.78 is 1.27. The standard InChI is InChI=1S/C21H17I/c22-21-14-8-7-13-19(21)15-16-20(17-9-3-1-4-10-17)18-11-5-2-6-12-18/h1-16,20H. The number of benzene rings is 3. The van der Waals surface area contributed by atoms with Gasteiger partial charge in [-0.15, -0.1) is 0 Å². The molecule has 0 saturated heterocycles. The fourth-order valence-corrected chi connectivity index (χ4v) is 3.11. The van der Waals surface area contributed by atoms with Gasteiger partial charge in [0.15, 0.2) is 0 Å². The number of halogens is 1. The minimum absolute atomic E-state index is 0.276. The molecule has 1 heteroatoms. The molecule has 3 rings (SSSR count). The second-order valence-corrected chi connectivity index (χ2v) is 6.34. The summed E-state index contributed by atoms with van der Waals surface area (Å²) in [4.78, 5) is 0. The molecule has 22 heavy (non-hydrogen) atoms. The van der Waals surface area contributed by atoms with Gasteiger partial charge < -0.3 is 0 Å². The van der Waals surface area contributed by atoms with Crippen LogP contribution in [0.1, 0.15) is 22.6 Å². The lowest BCUT2D eigenvalue weighted by atomic mass is 9.90. The quantitative estimate of drug-likeness (QED) is 0.465.